The van der Waals surface area contributed by atoms with Gasteiger partial charge in [-0.1, -0.05) is 0 Å². The summed E-state index contributed by atoms with van der Waals surface area (Å²) in [6, 6.07) is 7.07. The third kappa shape index (κ3) is 3.95. The molecule has 1 atom stereocenters. The van der Waals surface area contributed by atoms with Crippen molar-refractivity contribution in [1.29, 1.82) is 0 Å². The molecule has 1 N–H and O–H groups in total. The van der Waals surface area contributed by atoms with Crippen LogP contribution in [-0.4, -0.2) is 45.6 Å². The van der Waals surface area contributed by atoms with E-state index >= 15 is 0 Å². The highest BCUT2D eigenvalue weighted by atomic mass is 32.2. The molecule has 0 aliphatic carbocycles. The van der Waals surface area contributed by atoms with Gasteiger partial charge in [0.05, 0.1) is 13.2 Å². The van der Waals surface area contributed by atoms with Crippen LogP contribution in [0.2, 0.25) is 0 Å². The van der Waals surface area contributed by atoms with Gasteiger partial charge in [0.2, 0.25) is 10.0 Å². The lowest BCUT2D eigenvalue weighted by Gasteiger charge is -2.25. The van der Waals surface area contributed by atoms with Crippen molar-refractivity contribution >= 4 is 10.0 Å². The Bertz CT molecular complexity index is 803. The van der Waals surface area contributed by atoms with E-state index in [9.17, 15) is 12.8 Å². The molecule has 8 heteroatoms. The average molecular weight is 355 g/mol. The molecule has 2 rings (SSSR count). The quantitative estimate of drug-likeness (QED) is 0.822. The van der Waals surface area contributed by atoms with E-state index in [-0.39, 0.29) is 23.2 Å². The molecule has 24 heavy (non-hydrogen) atoms. The van der Waals surface area contributed by atoms with Crippen LogP contribution in [0.3, 0.4) is 0 Å². The van der Waals surface area contributed by atoms with Crippen LogP contribution in [0.1, 0.15) is 11.7 Å². The normalized spacial score (nSPS) is 13.2. The highest BCUT2D eigenvalue weighted by molar-refractivity contribution is 7.89. The van der Waals surface area contributed by atoms with Gasteiger partial charge in [-0.3, -0.25) is 4.90 Å². The summed E-state index contributed by atoms with van der Waals surface area (Å²) in [5.41, 5.74) is 0.967. The fourth-order valence-electron chi connectivity index (χ4n) is 2.50. The molecule has 1 aromatic carbocycles. The first-order chi connectivity index (χ1) is 11.3. The molecule has 0 saturated carbocycles. The minimum absolute atomic E-state index is 0.101. The minimum Gasteiger partial charge on any atom is -0.495 e. The third-order valence-corrected chi connectivity index (χ3v) is 5.28. The van der Waals surface area contributed by atoms with E-state index in [1.54, 1.807) is 0 Å². The molecule has 0 aliphatic heterocycles. The average Bonchev–Trinajstić information content (AvgIpc) is 2.93. The fourth-order valence-corrected chi connectivity index (χ4v) is 3.72. The summed E-state index contributed by atoms with van der Waals surface area (Å²) in [5, 5.41) is 0. The topological polar surface area (TPSA) is 63.6 Å². The van der Waals surface area contributed by atoms with Crippen molar-refractivity contribution in [2.75, 3.05) is 27.7 Å². The number of hydrogen-bond acceptors (Lipinski definition) is 4. The van der Waals surface area contributed by atoms with E-state index in [0.717, 1.165) is 17.8 Å². The molecule has 0 fully saturated rings. The van der Waals surface area contributed by atoms with Crippen LogP contribution in [0.4, 0.5) is 4.39 Å². The van der Waals surface area contributed by atoms with E-state index in [1.165, 1.54) is 13.2 Å². The predicted octanol–water partition coefficient (Wildman–Crippen LogP) is 1.75. The summed E-state index contributed by atoms with van der Waals surface area (Å²) in [7, 11) is 3.08. The molecule has 2 aromatic rings. The van der Waals surface area contributed by atoms with Crippen LogP contribution < -0.4 is 9.46 Å². The van der Waals surface area contributed by atoms with E-state index < -0.39 is 15.8 Å². The van der Waals surface area contributed by atoms with Gasteiger partial charge in [0.1, 0.15) is 16.5 Å². The first-order valence-electron chi connectivity index (χ1n) is 7.37. The summed E-state index contributed by atoms with van der Waals surface area (Å²) in [5.74, 6) is -0.535. The monoisotopic (exact) mass is 355 g/mol. The molecule has 1 heterocycles. The molecule has 1 aromatic heterocycles. The first-order valence-corrected chi connectivity index (χ1v) is 8.85. The standard InChI is InChI=1S/C16H22FN3O3S/c1-19(2)14(13-6-5-9-20(13)3)11-18-24(21,22)16-10-12(17)7-8-15(16)23-4/h5-10,14,18H,11H2,1-4H3/t14-/m1/s1. The summed E-state index contributed by atoms with van der Waals surface area (Å²) < 4.78 is 48.1. The first kappa shape index (κ1) is 18.4. The molecular weight excluding hydrogens is 333 g/mol. The van der Waals surface area contributed by atoms with Crippen molar-refractivity contribution in [2.24, 2.45) is 7.05 Å². The van der Waals surface area contributed by atoms with Crippen molar-refractivity contribution in [3.05, 3.63) is 48.0 Å². The molecule has 0 spiro atoms. The third-order valence-electron chi connectivity index (χ3n) is 3.83. The highest BCUT2D eigenvalue weighted by Gasteiger charge is 2.24. The smallest absolute Gasteiger partial charge is 0.244 e. The number of aromatic nitrogens is 1. The molecule has 0 radical (unpaired) electrons. The van der Waals surface area contributed by atoms with Crippen molar-refractivity contribution in [1.82, 2.24) is 14.2 Å². The maximum Gasteiger partial charge on any atom is 0.244 e. The molecule has 0 aliphatic rings. The van der Waals surface area contributed by atoms with Gasteiger partial charge in [-0.15, -0.1) is 0 Å². The fraction of sp³-hybridized carbons (Fsp3) is 0.375. The Hall–Kier alpha value is -1.90. The van der Waals surface area contributed by atoms with Crippen molar-refractivity contribution in [3.8, 4) is 5.75 Å². The van der Waals surface area contributed by atoms with Gasteiger partial charge in [-0.05, 0) is 44.4 Å². The zero-order valence-corrected chi connectivity index (χ0v) is 15.0. The Morgan fingerprint density at radius 2 is 2.04 bits per heavy atom. The number of halogens is 1. The SMILES string of the molecule is COc1ccc(F)cc1S(=O)(=O)NC[C@H](c1cccn1C)N(C)C. The van der Waals surface area contributed by atoms with Gasteiger partial charge < -0.3 is 9.30 Å². The van der Waals surface area contributed by atoms with Crippen LogP contribution in [-0.2, 0) is 17.1 Å². The molecule has 0 bridgehead atoms. The van der Waals surface area contributed by atoms with Gasteiger partial charge in [0.15, 0.2) is 0 Å². The maximum absolute atomic E-state index is 13.5. The Morgan fingerprint density at radius 3 is 2.58 bits per heavy atom. The van der Waals surface area contributed by atoms with Gasteiger partial charge in [-0.2, -0.15) is 0 Å². The summed E-state index contributed by atoms with van der Waals surface area (Å²) in [6.07, 6.45) is 1.90. The number of likely N-dealkylation sites (N-methyl/N-ethyl adjacent to an activating group) is 1. The summed E-state index contributed by atoms with van der Waals surface area (Å²) >= 11 is 0. The Morgan fingerprint density at radius 1 is 1.33 bits per heavy atom. The Labute approximate surface area is 141 Å². The summed E-state index contributed by atoms with van der Waals surface area (Å²) in [6.45, 7) is 0.146. The molecular formula is C16H22FN3O3S. The number of aryl methyl sites for hydroxylation is 1. The molecule has 6 nitrogen and oxygen atoms in total. The van der Waals surface area contributed by atoms with Crippen LogP contribution in [0.15, 0.2) is 41.4 Å². The molecule has 0 unspecified atom stereocenters. The zero-order chi connectivity index (χ0) is 17.9. The number of hydrogen-bond donors (Lipinski definition) is 1. The van der Waals surface area contributed by atoms with Gasteiger partial charge >= 0.3 is 0 Å². The Balaban J connectivity index is 2.26. The number of nitrogens with zero attached hydrogens (tertiary/aromatic N) is 2. The predicted molar refractivity (Wildman–Crippen MR) is 90.0 cm³/mol. The number of nitrogens with one attached hydrogen (secondary N) is 1. The molecule has 132 valence electrons. The van der Waals surface area contributed by atoms with Crippen LogP contribution >= 0.6 is 0 Å². The largest absolute Gasteiger partial charge is 0.495 e. The van der Waals surface area contributed by atoms with E-state index in [2.05, 4.69) is 4.72 Å². The van der Waals surface area contributed by atoms with Gasteiger partial charge in [0, 0.05) is 25.5 Å². The van der Waals surface area contributed by atoms with Gasteiger partial charge in [0.25, 0.3) is 0 Å². The number of ether oxygens (including phenoxy) is 1. The Kier molecular flexibility index (Phi) is 5.63. The van der Waals surface area contributed by atoms with Crippen LogP contribution in [0.25, 0.3) is 0 Å². The second kappa shape index (κ2) is 7.33. The highest BCUT2D eigenvalue weighted by Crippen LogP contribution is 2.25. The number of methoxy groups -OCH3 is 1. The minimum atomic E-state index is -3.91. The van der Waals surface area contributed by atoms with Crippen molar-refractivity contribution in [3.63, 3.8) is 0 Å². The van der Waals surface area contributed by atoms with E-state index in [0.29, 0.717) is 0 Å². The van der Waals surface area contributed by atoms with Crippen molar-refractivity contribution < 1.29 is 17.5 Å². The lowest BCUT2D eigenvalue weighted by atomic mass is 10.2. The second-order valence-electron chi connectivity index (χ2n) is 5.67. The number of rotatable bonds is 7. The maximum atomic E-state index is 13.5. The van der Waals surface area contributed by atoms with Crippen molar-refractivity contribution in [2.45, 2.75) is 10.9 Å². The number of sulfonamides is 1. The van der Waals surface area contributed by atoms with Crippen LogP contribution in [0.5, 0.6) is 5.75 Å². The lowest BCUT2D eigenvalue weighted by molar-refractivity contribution is 0.289. The van der Waals surface area contributed by atoms with E-state index in [4.69, 9.17) is 4.74 Å². The van der Waals surface area contributed by atoms with Gasteiger partial charge in [-0.25, -0.2) is 17.5 Å². The zero-order valence-electron chi connectivity index (χ0n) is 14.2. The van der Waals surface area contributed by atoms with E-state index in [1.807, 2.05) is 48.9 Å². The summed E-state index contributed by atoms with van der Waals surface area (Å²) in [4.78, 5) is 1.70. The second-order valence-corrected chi connectivity index (χ2v) is 7.41. The molecule has 0 saturated heterocycles. The number of benzene rings is 1. The molecule has 0 amide bonds. The lowest BCUT2D eigenvalue weighted by Crippen LogP contribution is -2.35. The van der Waals surface area contributed by atoms with Crippen LogP contribution in [0, 0.1) is 5.82 Å².